The highest BCUT2D eigenvalue weighted by molar-refractivity contribution is 7.91. The van der Waals surface area contributed by atoms with Crippen LogP contribution in [0.5, 0.6) is 0 Å². The number of aryl methyl sites for hydroxylation is 1. The van der Waals surface area contributed by atoms with Gasteiger partial charge in [0.1, 0.15) is 4.21 Å². The highest BCUT2D eigenvalue weighted by atomic mass is 32.2. The van der Waals surface area contributed by atoms with E-state index in [0.717, 1.165) is 5.56 Å². The topological polar surface area (TPSA) is 95.6 Å². The van der Waals surface area contributed by atoms with E-state index in [2.05, 4.69) is 10.0 Å². The Balaban J connectivity index is 1.41. The predicted octanol–water partition coefficient (Wildman–Crippen LogP) is 2.15. The summed E-state index contributed by atoms with van der Waals surface area (Å²) >= 11 is 1.18. The Morgan fingerprint density at radius 1 is 1.14 bits per heavy atom. The average Bonchev–Trinajstić information content (AvgIpc) is 3.24. The number of sulfonamides is 1. The van der Waals surface area contributed by atoms with Gasteiger partial charge in [0, 0.05) is 37.7 Å². The minimum absolute atomic E-state index is 0.0327. The molecule has 156 valence electrons. The van der Waals surface area contributed by atoms with Crippen molar-refractivity contribution in [2.45, 2.75) is 36.4 Å². The number of rotatable bonds is 7. The van der Waals surface area contributed by atoms with Gasteiger partial charge in [0.25, 0.3) is 5.91 Å². The monoisotopic (exact) mass is 435 g/mol. The number of thiophene rings is 1. The maximum atomic E-state index is 12.4. The molecule has 2 N–H and O–H groups in total. The first-order valence-corrected chi connectivity index (χ1v) is 11.9. The predicted molar refractivity (Wildman–Crippen MR) is 112 cm³/mol. The van der Waals surface area contributed by atoms with Gasteiger partial charge in [-0.2, -0.15) is 0 Å². The van der Waals surface area contributed by atoms with E-state index >= 15 is 0 Å². The van der Waals surface area contributed by atoms with Gasteiger partial charge in [0.15, 0.2) is 0 Å². The Bertz CT molecular complexity index is 950. The van der Waals surface area contributed by atoms with Crippen molar-refractivity contribution in [3.63, 3.8) is 0 Å². The summed E-state index contributed by atoms with van der Waals surface area (Å²) in [5.74, 6) is -0.216. The van der Waals surface area contributed by atoms with Crippen molar-refractivity contribution in [3.05, 3.63) is 52.9 Å². The second-order valence-corrected chi connectivity index (χ2v) is 9.92. The molecule has 0 spiro atoms. The van der Waals surface area contributed by atoms with Crippen LogP contribution in [-0.4, -0.2) is 50.8 Å². The lowest BCUT2D eigenvalue weighted by atomic mass is 10.1. The van der Waals surface area contributed by atoms with Crippen LogP contribution >= 0.6 is 11.3 Å². The minimum atomic E-state index is -3.49. The Morgan fingerprint density at radius 3 is 2.52 bits per heavy atom. The summed E-state index contributed by atoms with van der Waals surface area (Å²) in [5.41, 5.74) is 1.50. The fraction of sp³-hybridized carbons (Fsp3) is 0.400. The van der Waals surface area contributed by atoms with Crippen molar-refractivity contribution in [2.75, 3.05) is 19.6 Å². The summed E-state index contributed by atoms with van der Waals surface area (Å²) < 4.78 is 27.6. The number of nitrogens with one attached hydrogen (secondary N) is 2. The summed E-state index contributed by atoms with van der Waals surface area (Å²) in [4.78, 5) is 26.3. The molecule has 29 heavy (non-hydrogen) atoms. The fourth-order valence-electron chi connectivity index (χ4n) is 3.30. The van der Waals surface area contributed by atoms with Gasteiger partial charge < -0.3 is 10.2 Å². The number of nitrogens with zero attached hydrogens (tertiary/aromatic N) is 1. The van der Waals surface area contributed by atoms with Crippen LogP contribution in [0.25, 0.3) is 0 Å². The molecule has 7 nitrogen and oxygen atoms in total. The number of carbonyl (C=O) groups is 2. The van der Waals surface area contributed by atoms with Crippen LogP contribution in [0.4, 0.5) is 0 Å². The molecule has 0 atom stereocenters. The summed E-state index contributed by atoms with van der Waals surface area (Å²) in [7, 11) is -3.49. The van der Waals surface area contributed by atoms with E-state index in [1.54, 1.807) is 28.5 Å². The van der Waals surface area contributed by atoms with Gasteiger partial charge in [-0.3, -0.25) is 9.59 Å². The molecule has 0 bridgehead atoms. The van der Waals surface area contributed by atoms with E-state index in [9.17, 15) is 18.0 Å². The molecule has 0 saturated carbocycles. The van der Waals surface area contributed by atoms with E-state index in [-0.39, 0.29) is 30.8 Å². The number of benzene rings is 1. The molecule has 0 unspecified atom stereocenters. The van der Waals surface area contributed by atoms with Crippen molar-refractivity contribution in [3.8, 4) is 0 Å². The van der Waals surface area contributed by atoms with Crippen molar-refractivity contribution in [1.82, 2.24) is 14.9 Å². The summed E-state index contributed by atoms with van der Waals surface area (Å²) in [5, 5.41) is 4.52. The first kappa shape index (κ1) is 21.5. The molecule has 0 aliphatic carbocycles. The molecule has 2 heterocycles. The molecule has 1 aliphatic heterocycles. The first-order chi connectivity index (χ1) is 13.9. The van der Waals surface area contributed by atoms with Crippen LogP contribution in [0.2, 0.25) is 0 Å². The largest absolute Gasteiger partial charge is 0.352 e. The molecule has 0 radical (unpaired) electrons. The molecule has 1 fully saturated rings. The van der Waals surface area contributed by atoms with Crippen LogP contribution in [0.1, 0.15) is 35.2 Å². The summed E-state index contributed by atoms with van der Waals surface area (Å²) in [6.45, 7) is 3.15. The van der Waals surface area contributed by atoms with Crippen LogP contribution in [0, 0.1) is 6.92 Å². The Labute approximate surface area is 175 Å². The van der Waals surface area contributed by atoms with E-state index < -0.39 is 10.0 Å². The molecule has 1 aromatic carbocycles. The molecule has 2 amide bonds. The number of amides is 2. The Kier molecular flexibility index (Phi) is 7.05. The second kappa shape index (κ2) is 9.51. The van der Waals surface area contributed by atoms with Crippen molar-refractivity contribution in [2.24, 2.45) is 0 Å². The smallest absolute Gasteiger partial charge is 0.251 e. The minimum Gasteiger partial charge on any atom is -0.352 e. The van der Waals surface area contributed by atoms with Gasteiger partial charge in [-0.15, -0.1) is 11.3 Å². The molecular formula is C20H25N3O4S2. The van der Waals surface area contributed by atoms with Crippen LogP contribution < -0.4 is 10.0 Å². The molecule has 3 rings (SSSR count). The summed E-state index contributed by atoms with van der Waals surface area (Å²) in [6, 6.07) is 10.4. The Hall–Kier alpha value is -2.23. The highest BCUT2D eigenvalue weighted by Crippen LogP contribution is 2.19. The normalized spacial score (nSPS) is 15.3. The quantitative estimate of drug-likeness (QED) is 0.697. The number of piperidine rings is 1. The number of likely N-dealkylation sites (tertiary alicyclic amines) is 1. The zero-order valence-corrected chi connectivity index (χ0v) is 17.9. The zero-order valence-electron chi connectivity index (χ0n) is 16.3. The third-order valence-electron chi connectivity index (χ3n) is 4.94. The van der Waals surface area contributed by atoms with Gasteiger partial charge in [0.2, 0.25) is 15.9 Å². The lowest BCUT2D eigenvalue weighted by Gasteiger charge is -2.32. The second-order valence-electron chi connectivity index (χ2n) is 7.03. The molecule has 9 heteroatoms. The van der Waals surface area contributed by atoms with Gasteiger partial charge in [-0.25, -0.2) is 13.1 Å². The van der Waals surface area contributed by atoms with Gasteiger partial charge in [-0.1, -0.05) is 24.3 Å². The average molecular weight is 436 g/mol. The molecule has 1 saturated heterocycles. The standard InChI is InChI=1S/C20H25N3O4S2/c1-15-5-2-3-6-17(15)20(25)21-11-8-18(24)23-12-9-16(10-13-23)22-29(26,27)19-7-4-14-28-19/h2-7,14,16,22H,8-13H2,1H3,(H,21,25). The fourth-order valence-corrected chi connectivity index (χ4v) is 5.62. The van der Waals surface area contributed by atoms with Crippen molar-refractivity contribution >= 4 is 33.2 Å². The summed E-state index contributed by atoms with van der Waals surface area (Å²) in [6.07, 6.45) is 1.38. The number of hydrogen-bond acceptors (Lipinski definition) is 5. The van der Waals surface area contributed by atoms with E-state index in [4.69, 9.17) is 0 Å². The zero-order chi connectivity index (χ0) is 20.9. The van der Waals surface area contributed by atoms with Crippen LogP contribution in [0.3, 0.4) is 0 Å². The SMILES string of the molecule is Cc1ccccc1C(=O)NCCC(=O)N1CCC(NS(=O)(=O)c2cccs2)CC1. The molecular weight excluding hydrogens is 410 g/mol. The number of hydrogen-bond donors (Lipinski definition) is 2. The lowest BCUT2D eigenvalue weighted by Crippen LogP contribution is -2.46. The van der Waals surface area contributed by atoms with Gasteiger partial charge in [-0.05, 0) is 42.8 Å². The van der Waals surface area contributed by atoms with Gasteiger partial charge >= 0.3 is 0 Å². The Morgan fingerprint density at radius 2 is 1.86 bits per heavy atom. The third-order valence-corrected chi connectivity index (χ3v) is 7.86. The molecule has 1 aliphatic rings. The van der Waals surface area contributed by atoms with E-state index in [1.165, 1.54) is 11.3 Å². The van der Waals surface area contributed by atoms with E-state index in [0.29, 0.717) is 35.7 Å². The molecule has 2 aromatic rings. The lowest BCUT2D eigenvalue weighted by molar-refractivity contribution is -0.132. The molecule has 1 aromatic heterocycles. The third kappa shape index (κ3) is 5.65. The van der Waals surface area contributed by atoms with Gasteiger partial charge in [0.05, 0.1) is 0 Å². The number of carbonyl (C=O) groups excluding carboxylic acids is 2. The highest BCUT2D eigenvalue weighted by Gasteiger charge is 2.27. The maximum absolute atomic E-state index is 12.4. The maximum Gasteiger partial charge on any atom is 0.251 e. The van der Waals surface area contributed by atoms with Crippen molar-refractivity contribution in [1.29, 1.82) is 0 Å². The van der Waals surface area contributed by atoms with Crippen LogP contribution in [-0.2, 0) is 14.8 Å². The van der Waals surface area contributed by atoms with Crippen molar-refractivity contribution < 1.29 is 18.0 Å². The first-order valence-electron chi connectivity index (χ1n) is 9.54. The van der Waals surface area contributed by atoms with Crippen LogP contribution in [0.15, 0.2) is 46.0 Å². The van der Waals surface area contributed by atoms with E-state index in [1.807, 2.05) is 25.1 Å².